The number of hydrogen-bond donors (Lipinski definition) is 2. The zero-order valence-electron chi connectivity index (χ0n) is 17.5. The molecule has 0 saturated carbocycles. The second-order valence-corrected chi connectivity index (χ2v) is 8.86. The number of pyridine rings is 1. The maximum Gasteiger partial charge on any atom is 0.257 e. The van der Waals surface area contributed by atoms with Gasteiger partial charge in [-0.05, 0) is 44.4 Å². The summed E-state index contributed by atoms with van der Waals surface area (Å²) >= 11 is 1.33. The number of hydrogen-bond acceptors (Lipinski definition) is 6. The van der Waals surface area contributed by atoms with Crippen LogP contribution in [0.1, 0.15) is 29.9 Å². The van der Waals surface area contributed by atoms with Crippen molar-refractivity contribution in [1.29, 1.82) is 0 Å². The molecule has 1 aliphatic heterocycles. The summed E-state index contributed by atoms with van der Waals surface area (Å²) in [6, 6.07) is 5.84. The zero-order chi connectivity index (χ0) is 21.7. The first-order chi connectivity index (χ1) is 14.9. The van der Waals surface area contributed by atoms with Crippen LogP contribution in [-0.2, 0) is 0 Å². The lowest BCUT2D eigenvalue weighted by Crippen LogP contribution is -2.54. The van der Waals surface area contributed by atoms with Crippen molar-refractivity contribution in [3.63, 3.8) is 0 Å². The molecular weight excluding hydrogens is 415 g/mol. The minimum Gasteiger partial charge on any atom is -0.368 e. The third-order valence-corrected chi connectivity index (χ3v) is 6.17. The van der Waals surface area contributed by atoms with Gasteiger partial charge in [0.2, 0.25) is 0 Å². The SMILES string of the molecule is Cc1cn2cc(NC(=O)c3ccc(N4C[C@@H](C)N[C@@H](C)C4)c4csnc34)cc(F)c2n1. The molecule has 0 aliphatic carbocycles. The molecule has 0 unspecified atom stereocenters. The van der Waals surface area contributed by atoms with Gasteiger partial charge in [-0.1, -0.05) is 0 Å². The molecule has 0 spiro atoms. The van der Waals surface area contributed by atoms with Crippen molar-refractivity contribution in [2.75, 3.05) is 23.3 Å². The van der Waals surface area contributed by atoms with Gasteiger partial charge in [0.1, 0.15) is 0 Å². The lowest BCUT2D eigenvalue weighted by Gasteiger charge is -2.38. The van der Waals surface area contributed by atoms with Crippen LogP contribution < -0.4 is 15.5 Å². The minimum atomic E-state index is -0.484. The van der Waals surface area contributed by atoms with Crippen LogP contribution >= 0.6 is 11.5 Å². The van der Waals surface area contributed by atoms with Crippen LogP contribution in [-0.4, -0.2) is 44.8 Å². The van der Waals surface area contributed by atoms with E-state index in [0.29, 0.717) is 34.5 Å². The number of imidazole rings is 1. The first-order valence-corrected chi connectivity index (χ1v) is 11.1. The Balaban J connectivity index is 1.47. The molecule has 3 aromatic heterocycles. The zero-order valence-corrected chi connectivity index (χ0v) is 18.3. The highest BCUT2D eigenvalue weighted by Crippen LogP contribution is 2.32. The Labute approximate surface area is 183 Å². The van der Waals surface area contributed by atoms with E-state index in [4.69, 9.17) is 0 Å². The summed E-state index contributed by atoms with van der Waals surface area (Å²) in [5.74, 6) is -0.804. The molecule has 31 heavy (non-hydrogen) atoms. The quantitative estimate of drug-likeness (QED) is 0.509. The van der Waals surface area contributed by atoms with Crippen molar-refractivity contribution in [1.82, 2.24) is 19.1 Å². The van der Waals surface area contributed by atoms with Crippen molar-refractivity contribution in [3.05, 3.63) is 53.0 Å². The van der Waals surface area contributed by atoms with E-state index in [1.807, 2.05) is 11.4 Å². The Morgan fingerprint density at radius 3 is 2.81 bits per heavy atom. The van der Waals surface area contributed by atoms with E-state index < -0.39 is 5.82 Å². The molecule has 160 valence electrons. The highest BCUT2D eigenvalue weighted by atomic mass is 32.1. The number of aryl methyl sites for hydroxylation is 1. The summed E-state index contributed by atoms with van der Waals surface area (Å²) in [5, 5.41) is 9.30. The molecular formula is C22H23FN6OS. The van der Waals surface area contributed by atoms with E-state index in [0.717, 1.165) is 24.2 Å². The number of rotatable bonds is 3. The number of piperazine rings is 1. The molecule has 1 amide bonds. The molecule has 2 N–H and O–H groups in total. The van der Waals surface area contributed by atoms with E-state index in [1.165, 1.54) is 17.6 Å². The fourth-order valence-corrected chi connectivity index (χ4v) is 5.06. The van der Waals surface area contributed by atoms with Gasteiger partial charge in [0.15, 0.2) is 11.5 Å². The molecule has 4 aromatic rings. The van der Waals surface area contributed by atoms with Gasteiger partial charge < -0.3 is 19.9 Å². The summed E-state index contributed by atoms with van der Waals surface area (Å²) in [5.41, 5.74) is 3.53. The third kappa shape index (κ3) is 3.64. The minimum absolute atomic E-state index is 0.237. The molecule has 5 rings (SSSR count). The van der Waals surface area contributed by atoms with E-state index in [1.54, 1.807) is 29.8 Å². The van der Waals surface area contributed by atoms with Crippen molar-refractivity contribution in [2.45, 2.75) is 32.9 Å². The highest BCUT2D eigenvalue weighted by molar-refractivity contribution is 7.05. The number of benzene rings is 1. The molecule has 4 heterocycles. The second-order valence-electron chi connectivity index (χ2n) is 8.23. The smallest absolute Gasteiger partial charge is 0.257 e. The average Bonchev–Trinajstić information content (AvgIpc) is 3.33. The van der Waals surface area contributed by atoms with Crippen molar-refractivity contribution in [3.8, 4) is 0 Å². The Bertz CT molecular complexity index is 1290. The summed E-state index contributed by atoms with van der Waals surface area (Å²) in [6.07, 6.45) is 3.38. The van der Waals surface area contributed by atoms with Gasteiger partial charge in [-0.25, -0.2) is 9.37 Å². The van der Waals surface area contributed by atoms with Crippen LogP contribution in [0.4, 0.5) is 15.8 Å². The Kier molecular flexibility index (Phi) is 4.86. The molecule has 2 atom stereocenters. The van der Waals surface area contributed by atoms with E-state index in [2.05, 4.69) is 38.7 Å². The number of anilines is 2. The predicted octanol–water partition coefficient (Wildman–Crippen LogP) is 3.83. The summed E-state index contributed by atoms with van der Waals surface area (Å²) < 4.78 is 20.5. The molecule has 1 saturated heterocycles. The molecule has 9 heteroatoms. The molecule has 1 aromatic carbocycles. The largest absolute Gasteiger partial charge is 0.368 e. The van der Waals surface area contributed by atoms with Gasteiger partial charge in [-0.3, -0.25) is 4.79 Å². The summed E-state index contributed by atoms with van der Waals surface area (Å²) in [6.45, 7) is 7.93. The van der Waals surface area contributed by atoms with Crippen molar-refractivity contribution in [2.24, 2.45) is 0 Å². The monoisotopic (exact) mass is 438 g/mol. The van der Waals surface area contributed by atoms with E-state index in [9.17, 15) is 9.18 Å². The molecule has 0 radical (unpaired) electrons. The molecule has 7 nitrogen and oxygen atoms in total. The number of fused-ring (bicyclic) bond motifs is 2. The number of nitrogens with zero attached hydrogens (tertiary/aromatic N) is 4. The molecule has 0 bridgehead atoms. The Morgan fingerprint density at radius 2 is 2.03 bits per heavy atom. The number of amides is 1. The first kappa shape index (κ1) is 19.9. The summed E-state index contributed by atoms with van der Waals surface area (Å²) in [7, 11) is 0. The van der Waals surface area contributed by atoms with Crippen LogP contribution in [0.3, 0.4) is 0 Å². The van der Waals surface area contributed by atoms with Crippen molar-refractivity contribution < 1.29 is 9.18 Å². The van der Waals surface area contributed by atoms with Crippen LogP contribution in [0, 0.1) is 12.7 Å². The highest BCUT2D eigenvalue weighted by Gasteiger charge is 2.24. The number of nitrogens with one attached hydrogen (secondary N) is 2. The van der Waals surface area contributed by atoms with Crippen LogP contribution in [0.15, 0.2) is 36.0 Å². The topological polar surface area (TPSA) is 74.6 Å². The maximum absolute atomic E-state index is 14.4. The fourth-order valence-electron chi connectivity index (χ4n) is 4.37. The number of carbonyl (C=O) groups is 1. The van der Waals surface area contributed by atoms with E-state index >= 15 is 0 Å². The van der Waals surface area contributed by atoms with Crippen LogP contribution in [0.5, 0.6) is 0 Å². The standard InChI is InChI=1S/C22H23FN6OS/c1-12-7-28(8-13(2)24-12)19-5-4-16(20-17(19)11-31-27-20)22(30)26-15-6-18(23)21-25-14(3)9-29(21)10-15/h4-6,9-13,24H,7-8H2,1-3H3,(H,26,30)/t12-,13+. The van der Waals surface area contributed by atoms with E-state index in [-0.39, 0.29) is 11.6 Å². The maximum atomic E-state index is 14.4. The normalized spacial score (nSPS) is 19.3. The third-order valence-electron chi connectivity index (χ3n) is 5.54. The second kappa shape index (κ2) is 7.58. The Morgan fingerprint density at radius 1 is 1.26 bits per heavy atom. The Hall–Kier alpha value is -3.04. The predicted molar refractivity (Wildman–Crippen MR) is 122 cm³/mol. The fraction of sp³-hybridized carbons (Fsp3) is 0.318. The average molecular weight is 439 g/mol. The lowest BCUT2D eigenvalue weighted by atomic mass is 10.1. The van der Waals surface area contributed by atoms with Gasteiger partial charge in [0, 0.05) is 60.1 Å². The van der Waals surface area contributed by atoms with Crippen LogP contribution in [0.2, 0.25) is 0 Å². The summed E-state index contributed by atoms with van der Waals surface area (Å²) in [4.78, 5) is 19.5. The van der Waals surface area contributed by atoms with Crippen LogP contribution in [0.25, 0.3) is 16.6 Å². The van der Waals surface area contributed by atoms with Gasteiger partial charge in [-0.2, -0.15) is 4.37 Å². The van der Waals surface area contributed by atoms with Gasteiger partial charge >= 0.3 is 0 Å². The lowest BCUT2D eigenvalue weighted by molar-refractivity contribution is 0.102. The molecule has 1 fully saturated rings. The number of halogens is 1. The van der Waals surface area contributed by atoms with Gasteiger partial charge in [-0.15, -0.1) is 0 Å². The van der Waals surface area contributed by atoms with Crippen molar-refractivity contribution >= 4 is 45.4 Å². The number of carbonyl (C=O) groups excluding carboxylic acids is 1. The molecule has 1 aliphatic rings. The first-order valence-electron chi connectivity index (χ1n) is 10.2. The van der Waals surface area contributed by atoms with Gasteiger partial charge in [0.25, 0.3) is 5.91 Å². The number of aromatic nitrogens is 3. The van der Waals surface area contributed by atoms with Gasteiger partial charge in [0.05, 0.1) is 22.5 Å².